The van der Waals surface area contributed by atoms with Gasteiger partial charge in [0.05, 0.1) is 24.7 Å². The van der Waals surface area contributed by atoms with Crippen LogP contribution in [0.3, 0.4) is 0 Å². The normalized spacial score (nSPS) is 11.1. The van der Waals surface area contributed by atoms with Crippen LogP contribution >= 0.6 is 11.8 Å². The van der Waals surface area contributed by atoms with Crippen LogP contribution in [0, 0.1) is 6.92 Å². The van der Waals surface area contributed by atoms with Gasteiger partial charge in [0, 0.05) is 11.1 Å². The van der Waals surface area contributed by atoms with Gasteiger partial charge in [-0.1, -0.05) is 12.1 Å². The molecule has 3 rings (SSSR count). The molecule has 150 valence electrons. The van der Waals surface area contributed by atoms with Gasteiger partial charge in [-0.05, 0) is 30.9 Å². The van der Waals surface area contributed by atoms with Crippen molar-refractivity contribution in [2.75, 3.05) is 13.4 Å². The maximum atomic E-state index is 10.6. The molecule has 0 saturated heterocycles. The highest BCUT2D eigenvalue weighted by atomic mass is 32.2. The predicted octanol–water partition coefficient (Wildman–Crippen LogP) is 4.44. The van der Waals surface area contributed by atoms with Gasteiger partial charge in [-0.15, -0.1) is 0 Å². The van der Waals surface area contributed by atoms with Gasteiger partial charge < -0.3 is 14.8 Å². The minimum atomic E-state index is -5.08. The lowest BCUT2D eigenvalue weighted by molar-refractivity contribution is -0.192. The van der Waals surface area contributed by atoms with Gasteiger partial charge >= 0.3 is 12.1 Å². The van der Waals surface area contributed by atoms with Crippen molar-refractivity contribution in [1.82, 2.24) is 15.0 Å². The van der Waals surface area contributed by atoms with E-state index in [1.807, 2.05) is 25.3 Å². The highest BCUT2D eigenvalue weighted by Crippen LogP contribution is 2.31. The number of hydrogen-bond donors (Lipinski definition) is 2. The number of aromatic amines is 1. The second-order valence-electron chi connectivity index (χ2n) is 5.65. The van der Waals surface area contributed by atoms with Crippen LogP contribution in [0.1, 0.15) is 11.4 Å². The van der Waals surface area contributed by atoms with E-state index in [0.717, 1.165) is 39.6 Å². The number of alkyl halides is 3. The summed E-state index contributed by atoms with van der Waals surface area (Å²) in [5.41, 5.74) is 3.98. The van der Waals surface area contributed by atoms with E-state index in [1.165, 1.54) is 5.56 Å². The number of imidazole rings is 1. The molecule has 0 aliphatic heterocycles. The molecular weight excluding hydrogens is 395 g/mol. The van der Waals surface area contributed by atoms with Crippen LogP contribution in [0.15, 0.2) is 30.5 Å². The number of nitrogens with one attached hydrogen (secondary N) is 1. The van der Waals surface area contributed by atoms with Crippen LogP contribution in [0.2, 0.25) is 0 Å². The number of carboxylic acid groups (broad SMARTS) is 1. The maximum Gasteiger partial charge on any atom is 0.490 e. The zero-order valence-corrected chi connectivity index (χ0v) is 16.1. The number of hydrogen-bond acceptors (Lipinski definition) is 5. The smallest absolute Gasteiger partial charge is 0.490 e. The summed E-state index contributed by atoms with van der Waals surface area (Å²) in [5.74, 6) is -0.164. The fourth-order valence-electron chi connectivity index (χ4n) is 2.42. The van der Waals surface area contributed by atoms with Gasteiger partial charge in [0.25, 0.3) is 0 Å². The number of thioether (sulfide) groups is 1. The van der Waals surface area contributed by atoms with Crippen molar-refractivity contribution in [3.63, 3.8) is 0 Å². The molecule has 6 nitrogen and oxygen atoms in total. The summed E-state index contributed by atoms with van der Waals surface area (Å²) in [7, 11) is 1.67. The van der Waals surface area contributed by atoms with E-state index in [1.54, 1.807) is 18.9 Å². The van der Waals surface area contributed by atoms with Crippen molar-refractivity contribution in [3.05, 3.63) is 41.9 Å². The van der Waals surface area contributed by atoms with Crippen molar-refractivity contribution in [3.8, 4) is 17.1 Å². The van der Waals surface area contributed by atoms with Gasteiger partial charge in [-0.25, -0.2) is 14.8 Å². The number of pyridine rings is 1. The van der Waals surface area contributed by atoms with Crippen molar-refractivity contribution in [2.45, 2.75) is 18.9 Å². The number of methoxy groups -OCH3 is 1. The Morgan fingerprint density at radius 2 is 2.04 bits per heavy atom. The lowest BCUT2D eigenvalue weighted by Crippen LogP contribution is -2.21. The van der Waals surface area contributed by atoms with E-state index in [2.05, 4.69) is 28.4 Å². The summed E-state index contributed by atoms with van der Waals surface area (Å²) < 4.78 is 37.2. The Bertz CT molecular complexity index is 974. The lowest BCUT2D eigenvalue weighted by Gasteiger charge is -2.11. The fraction of sp³-hybridized carbons (Fsp3) is 0.278. The van der Waals surface area contributed by atoms with E-state index in [4.69, 9.17) is 19.6 Å². The van der Waals surface area contributed by atoms with Crippen molar-refractivity contribution < 1.29 is 27.8 Å². The number of para-hydroxylation sites is 1. The number of benzene rings is 1. The van der Waals surface area contributed by atoms with Gasteiger partial charge in [-0.3, -0.25) is 0 Å². The zero-order valence-electron chi connectivity index (χ0n) is 15.3. The van der Waals surface area contributed by atoms with E-state index in [-0.39, 0.29) is 0 Å². The van der Waals surface area contributed by atoms with E-state index < -0.39 is 12.1 Å². The summed E-state index contributed by atoms with van der Waals surface area (Å²) in [6, 6.07) is 8.18. The molecule has 0 radical (unpaired) electrons. The Morgan fingerprint density at radius 3 is 2.54 bits per heavy atom. The molecule has 0 spiro atoms. The van der Waals surface area contributed by atoms with Crippen molar-refractivity contribution in [1.29, 1.82) is 0 Å². The van der Waals surface area contributed by atoms with Crippen LogP contribution in [0.5, 0.6) is 5.75 Å². The second kappa shape index (κ2) is 8.96. The van der Waals surface area contributed by atoms with E-state index >= 15 is 0 Å². The maximum absolute atomic E-state index is 10.6. The molecule has 28 heavy (non-hydrogen) atoms. The summed E-state index contributed by atoms with van der Waals surface area (Å²) >= 11 is 1.78. The summed E-state index contributed by atoms with van der Waals surface area (Å²) in [5, 5.41) is 8.22. The Hall–Kier alpha value is -2.75. The molecule has 10 heteroatoms. The fourth-order valence-corrected chi connectivity index (χ4v) is 2.95. The third-order valence-electron chi connectivity index (χ3n) is 3.61. The highest BCUT2D eigenvalue weighted by molar-refractivity contribution is 7.97. The van der Waals surface area contributed by atoms with Crippen LogP contribution < -0.4 is 4.74 Å². The molecule has 2 aromatic heterocycles. The molecule has 1 aromatic carbocycles. The molecule has 0 aliphatic carbocycles. The number of halogens is 3. The molecule has 0 atom stereocenters. The number of aliphatic carboxylic acids is 1. The standard InChI is InChI=1S/C16H17N3OS.C2HF3O2/c1-10-17-8-13(18-10)15-12(9-21-3)7-11-5-4-6-14(20-2)16(11)19-15;3-2(4,5)1(6)7/h4-8H,9H2,1-3H3,(H,17,18);(H,6,7). The average molecular weight is 413 g/mol. The van der Waals surface area contributed by atoms with Crippen molar-refractivity contribution in [2.24, 2.45) is 0 Å². The number of rotatable bonds is 4. The average Bonchev–Trinajstić information content (AvgIpc) is 3.06. The SMILES string of the molecule is COc1cccc2cc(CSC)c(-c3cnc(C)[nH]3)nc12.O=C(O)C(F)(F)F. The van der Waals surface area contributed by atoms with E-state index in [9.17, 15) is 13.2 Å². The highest BCUT2D eigenvalue weighted by Gasteiger charge is 2.38. The topological polar surface area (TPSA) is 88.1 Å². The first kappa shape index (κ1) is 21.5. The second-order valence-corrected chi connectivity index (χ2v) is 6.51. The van der Waals surface area contributed by atoms with Crippen LogP contribution in [0.4, 0.5) is 13.2 Å². The first-order chi connectivity index (χ1) is 13.2. The summed E-state index contributed by atoms with van der Waals surface area (Å²) in [6.45, 7) is 1.94. The van der Waals surface area contributed by atoms with Crippen molar-refractivity contribution >= 4 is 28.6 Å². The number of nitrogens with zero attached hydrogens (tertiary/aromatic N) is 2. The molecule has 0 amide bonds. The Balaban J connectivity index is 0.000000345. The molecule has 0 bridgehead atoms. The molecule has 0 fully saturated rings. The number of carbonyl (C=O) groups is 1. The molecular formula is C18H18F3N3O3S. The van der Waals surface area contributed by atoms with Gasteiger partial charge in [0.15, 0.2) is 0 Å². The number of ether oxygens (including phenoxy) is 1. The molecule has 0 unspecified atom stereocenters. The largest absolute Gasteiger partial charge is 0.494 e. The molecule has 2 heterocycles. The minimum absolute atomic E-state index is 0.792. The number of H-pyrrole nitrogens is 1. The summed E-state index contributed by atoms with van der Waals surface area (Å²) in [4.78, 5) is 21.3. The third kappa shape index (κ3) is 5.16. The van der Waals surface area contributed by atoms with Crippen LogP contribution in [-0.2, 0) is 10.5 Å². The number of aryl methyl sites for hydroxylation is 1. The Labute approximate surface area is 163 Å². The van der Waals surface area contributed by atoms with Gasteiger partial charge in [0.1, 0.15) is 17.1 Å². The van der Waals surface area contributed by atoms with E-state index in [0.29, 0.717) is 0 Å². The van der Waals surface area contributed by atoms with Gasteiger partial charge in [0.2, 0.25) is 0 Å². The summed E-state index contributed by atoms with van der Waals surface area (Å²) in [6.07, 6.45) is -1.15. The molecule has 0 aliphatic rings. The monoisotopic (exact) mass is 413 g/mol. The van der Waals surface area contributed by atoms with Crippen LogP contribution in [0.25, 0.3) is 22.3 Å². The first-order valence-electron chi connectivity index (χ1n) is 7.95. The molecule has 3 aromatic rings. The number of carboxylic acids is 1. The Morgan fingerprint density at radius 1 is 1.36 bits per heavy atom. The first-order valence-corrected chi connectivity index (χ1v) is 9.34. The number of fused-ring (bicyclic) bond motifs is 1. The third-order valence-corrected chi connectivity index (χ3v) is 4.21. The predicted molar refractivity (Wildman–Crippen MR) is 102 cm³/mol. The lowest BCUT2D eigenvalue weighted by atomic mass is 10.1. The minimum Gasteiger partial charge on any atom is -0.494 e. The molecule has 0 saturated carbocycles. The number of aromatic nitrogens is 3. The molecule has 2 N–H and O–H groups in total. The zero-order chi connectivity index (χ0) is 20.9. The van der Waals surface area contributed by atoms with Crippen LogP contribution in [-0.4, -0.2) is 45.6 Å². The quantitative estimate of drug-likeness (QED) is 0.658. The van der Waals surface area contributed by atoms with Gasteiger partial charge in [-0.2, -0.15) is 24.9 Å². The Kier molecular flexibility index (Phi) is 6.90.